The summed E-state index contributed by atoms with van der Waals surface area (Å²) in [5.41, 5.74) is 2.57. The van der Waals surface area contributed by atoms with Gasteiger partial charge in [-0.15, -0.1) is 0 Å². The maximum Gasteiger partial charge on any atom is 0.335 e. The van der Waals surface area contributed by atoms with Gasteiger partial charge in [0.1, 0.15) is 17.5 Å². The second-order valence-corrected chi connectivity index (χ2v) is 4.91. The molecule has 0 saturated heterocycles. The van der Waals surface area contributed by atoms with Gasteiger partial charge in [0.25, 0.3) is 0 Å². The molecular formula is C14H15ClN2O3. The van der Waals surface area contributed by atoms with Crippen molar-refractivity contribution in [2.75, 3.05) is 0 Å². The Kier molecular flexibility index (Phi) is 3.99. The topological polar surface area (TPSA) is 64.4 Å². The lowest BCUT2D eigenvalue weighted by atomic mass is 10.1. The molecule has 1 aromatic heterocycles. The molecule has 0 atom stereocenters. The standard InChI is InChI=1S/C14H15ClN2O3/c1-8-6-10(4-5-11(8)14(18)19)20-7-12-9(2)16-17(3)13(12)15/h4-6H,7H2,1-3H3,(H,18,19). The van der Waals surface area contributed by atoms with Crippen molar-refractivity contribution >= 4 is 17.6 Å². The minimum atomic E-state index is -0.944. The van der Waals surface area contributed by atoms with Gasteiger partial charge in [0, 0.05) is 12.6 Å². The highest BCUT2D eigenvalue weighted by Crippen LogP contribution is 2.22. The van der Waals surface area contributed by atoms with Crippen molar-refractivity contribution in [1.29, 1.82) is 0 Å². The molecule has 20 heavy (non-hydrogen) atoms. The molecule has 0 amide bonds. The second kappa shape index (κ2) is 5.54. The van der Waals surface area contributed by atoms with Crippen molar-refractivity contribution in [2.45, 2.75) is 20.5 Å². The van der Waals surface area contributed by atoms with Crippen LogP contribution in [0.5, 0.6) is 5.75 Å². The number of benzene rings is 1. The summed E-state index contributed by atoms with van der Waals surface area (Å²) in [7, 11) is 1.77. The zero-order valence-corrected chi connectivity index (χ0v) is 12.2. The summed E-state index contributed by atoms with van der Waals surface area (Å²) in [6.07, 6.45) is 0. The van der Waals surface area contributed by atoms with Gasteiger partial charge in [0.05, 0.1) is 11.3 Å². The van der Waals surface area contributed by atoms with Crippen molar-refractivity contribution < 1.29 is 14.6 Å². The smallest absolute Gasteiger partial charge is 0.335 e. The first-order valence-corrected chi connectivity index (χ1v) is 6.42. The highest BCUT2D eigenvalue weighted by Gasteiger charge is 2.12. The van der Waals surface area contributed by atoms with E-state index in [0.29, 0.717) is 23.1 Å². The van der Waals surface area contributed by atoms with Gasteiger partial charge in [-0.25, -0.2) is 4.79 Å². The average Bonchev–Trinajstić information content (AvgIpc) is 2.61. The predicted octanol–water partition coefficient (Wildman–Crippen LogP) is 2.97. The maximum atomic E-state index is 10.9. The first kappa shape index (κ1) is 14.4. The lowest BCUT2D eigenvalue weighted by molar-refractivity contribution is 0.0696. The maximum absolute atomic E-state index is 10.9. The summed E-state index contributed by atoms with van der Waals surface area (Å²) in [6.45, 7) is 3.90. The van der Waals surface area contributed by atoms with Crippen LogP contribution in [0.15, 0.2) is 18.2 Å². The number of aromatic carboxylic acids is 1. The third kappa shape index (κ3) is 2.77. The molecule has 0 spiro atoms. The van der Waals surface area contributed by atoms with Crippen molar-refractivity contribution in [1.82, 2.24) is 9.78 Å². The Hall–Kier alpha value is -2.01. The summed E-state index contributed by atoms with van der Waals surface area (Å²) < 4.78 is 7.24. The van der Waals surface area contributed by atoms with Crippen molar-refractivity contribution in [3.63, 3.8) is 0 Å². The van der Waals surface area contributed by atoms with Gasteiger partial charge in [-0.05, 0) is 37.6 Å². The van der Waals surface area contributed by atoms with E-state index in [1.54, 1.807) is 30.8 Å². The summed E-state index contributed by atoms with van der Waals surface area (Å²) in [4.78, 5) is 10.9. The zero-order chi connectivity index (χ0) is 14.9. The first-order valence-electron chi connectivity index (χ1n) is 6.05. The second-order valence-electron chi connectivity index (χ2n) is 4.55. The van der Waals surface area contributed by atoms with Gasteiger partial charge in [-0.1, -0.05) is 11.6 Å². The Morgan fingerprint density at radius 3 is 2.65 bits per heavy atom. The molecule has 0 fully saturated rings. The van der Waals surface area contributed by atoms with Gasteiger partial charge in [0.2, 0.25) is 0 Å². The highest BCUT2D eigenvalue weighted by atomic mass is 35.5. The molecule has 1 heterocycles. The van der Waals surface area contributed by atoms with Crippen LogP contribution >= 0.6 is 11.6 Å². The van der Waals surface area contributed by atoms with Crippen LogP contribution in [-0.4, -0.2) is 20.9 Å². The van der Waals surface area contributed by atoms with Crippen molar-refractivity contribution in [2.24, 2.45) is 7.05 Å². The van der Waals surface area contributed by atoms with Gasteiger partial charge < -0.3 is 9.84 Å². The Morgan fingerprint density at radius 2 is 2.15 bits per heavy atom. The van der Waals surface area contributed by atoms with E-state index in [4.69, 9.17) is 21.4 Å². The Labute approximate surface area is 121 Å². The van der Waals surface area contributed by atoms with Gasteiger partial charge in [-0.2, -0.15) is 5.10 Å². The SMILES string of the molecule is Cc1cc(OCc2c(C)nn(C)c2Cl)ccc1C(=O)O. The zero-order valence-electron chi connectivity index (χ0n) is 11.5. The van der Waals surface area contributed by atoms with Crippen LogP contribution in [-0.2, 0) is 13.7 Å². The predicted molar refractivity (Wildman–Crippen MR) is 75.4 cm³/mol. The molecule has 2 aromatic rings. The van der Waals surface area contributed by atoms with E-state index in [2.05, 4.69) is 5.10 Å². The molecular weight excluding hydrogens is 280 g/mol. The molecule has 1 aromatic carbocycles. The number of aryl methyl sites for hydroxylation is 3. The number of hydrogen-bond acceptors (Lipinski definition) is 3. The molecule has 2 rings (SSSR count). The molecule has 6 heteroatoms. The van der Waals surface area contributed by atoms with E-state index >= 15 is 0 Å². The van der Waals surface area contributed by atoms with Gasteiger partial charge in [-0.3, -0.25) is 4.68 Å². The number of carbonyl (C=O) groups is 1. The van der Waals surface area contributed by atoms with Gasteiger partial charge in [0.15, 0.2) is 0 Å². The molecule has 106 valence electrons. The largest absolute Gasteiger partial charge is 0.489 e. The molecule has 0 aliphatic rings. The fourth-order valence-electron chi connectivity index (χ4n) is 1.96. The molecule has 0 saturated carbocycles. The fraction of sp³-hybridized carbons (Fsp3) is 0.286. The minimum absolute atomic E-state index is 0.271. The van der Waals surface area contributed by atoms with E-state index < -0.39 is 5.97 Å². The third-order valence-corrected chi connectivity index (χ3v) is 3.55. The monoisotopic (exact) mass is 294 g/mol. The van der Waals surface area contributed by atoms with Crippen LogP contribution in [0.1, 0.15) is 27.2 Å². The number of hydrogen-bond donors (Lipinski definition) is 1. The fourth-order valence-corrected chi connectivity index (χ4v) is 2.19. The van der Waals surface area contributed by atoms with Crippen LogP contribution in [0, 0.1) is 13.8 Å². The van der Waals surface area contributed by atoms with Crippen LogP contribution in [0.25, 0.3) is 0 Å². The summed E-state index contributed by atoms with van der Waals surface area (Å²) >= 11 is 6.12. The van der Waals surface area contributed by atoms with Crippen LogP contribution in [0.3, 0.4) is 0 Å². The van der Waals surface area contributed by atoms with E-state index in [9.17, 15) is 4.79 Å². The molecule has 0 radical (unpaired) electrons. The van der Waals surface area contributed by atoms with Crippen molar-refractivity contribution in [3.05, 3.63) is 45.7 Å². The van der Waals surface area contributed by atoms with Gasteiger partial charge >= 0.3 is 5.97 Å². The van der Waals surface area contributed by atoms with Crippen LogP contribution < -0.4 is 4.74 Å². The third-order valence-electron chi connectivity index (χ3n) is 3.08. The van der Waals surface area contributed by atoms with Crippen molar-refractivity contribution in [3.8, 4) is 5.75 Å². The highest BCUT2D eigenvalue weighted by molar-refractivity contribution is 6.30. The molecule has 1 N–H and O–H groups in total. The summed E-state index contributed by atoms with van der Waals surface area (Å²) in [5, 5.41) is 13.7. The number of ether oxygens (including phenoxy) is 1. The summed E-state index contributed by atoms with van der Waals surface area (Å²) in [5.74, 6) is -0.341. The number of nitrogens with zero attached hydrogens (tertiary/aromatic N) is 2. The molecule has 5 nitrogen and oxygen atoms in total. The van der Waals surface area contributed by atoms with Crippen LogP contribution in [0.4, 0.5) is 0 Å². The Bertz CT molecular complexity index is 665. The number of carboxylic acid groups (broad SMARTS) is 1. The molecule has 0 aliphatic carbocycles. The number of aromatic nitrogens is 2. The lowest BCUT2D eigenvalue weighted by Crippen LogP contribution is -2.01. The normalized spacial score (nSPS) is 10.6. The summed E-state index contributed by atoms with van der Waals surface area (Å²) in [6, 6.07) is 4.86. The molecule has 0 unspecified atom stereocenters. The van der Waals surface area contributed by atoms with E-state index in [1.165, 1.54) is 6.07 Å². The van der Waals surface area contributed by atoms with E-state index in [1.807, 2.05) is 6.92 Å². The average molecular weight is 295 g/mol. The quantitative estimate of drug-likeness (QED) is 0.941. The minimum Gasteiger partial charge on any atom is -0.489 e. The molecule has 0 bridgehead atoms. The number of halogens is 1. The number of carboxylic acids is 1. The van der Waals surface area contributed by atoms with Crippen LogP contribution in [0.2, 0.25) is 5.15 Å². The Morgan fingerprint density at radius 1 is 1.45 bits per heavy atom. The number of rotatable bonds is 4. The van der Waals surface area contributed by atoms with E-state index in [-0.39, 0.29) is 5.56 Å². The lowest BCUT2D eigenvalue weighted by Gasteiger charge is -2.08. The Balaban J connectivity index is 2.15. The van der Waals surface area contributed by atoms with E-state index in [0.717, 1.165) is 11.3 Å². The first-order chi connectivity index (χ1) is 9.40. The molecule has 0 aliphatic heterocycles.